The highest BCUT2D eigenvalue weighted by atomic mass is 16.1. The maximum Gasteiger partial charge on any atom is 0.143 e. The molecule has 0 aromatic carbocycles. The van der Waals surface area contributed by atoms with Crippen molar-refractivity contribution in [3.05, 3.63) is 11.6 Å². The number of ketones is 1. The number of hydrogen-bond acceptors (Lipinski definition) is 3. The molecule has 1 aliphatic rings. The number of hydrogen-bond donors (Lipinski definition) is 0. The van der Waals surface area contributed by atoms with Crippen LogP contribution in [-0.4, -0.2) is 20.5 Å². The number of fused-ring (bicyclic) bond motifs is 1. The topological polar surface area (TPSA) is 47.8 Å². The van der Waals surface area contributed by atoms with Gasteiger partial charge in [0.1, 0.15) is 17.4 Å². The smallest absolute Gasteiger partial charge is 0.143 e. The maximum absolute atomic E-state index is 11.3. The second kappa shape index (κ2) is 2.94. The van der Waals surface area contributed by atoms with Crippen molar-refractivity contribution in [2.45, 2.75) is 39.2 Å². The molecule has 0 amide bonds. The van der Waals surface area contributed by atoms with Crippen LogP contribution in [-0.2, 0) is 11.3 Å². The third-order valence-corrected chi connectivity index (χ3v) is 2.64. The van der Waals surface area contributed by atoms with Gasteiger partial charge in [-0.05, 0) is 26.7 Å². The Labute approximate surface area is 77.0 Å². The summed E-state index contributed by atoms with van der Waals surface area (Å²) in [5.41, 5.74) is 0. The maximum atomic E-state index is 11.3. The fraction of sp³-hybridized carbons (Fsp3) is 0.667. The molecular weight excluding hydrogens is 166 g/mol. The molecule has 13 heavy (non-hydrogen) atoms. The molecule has 0 bridgehead atoms. The lowest BCUT2D eigenvalue weighted by atomic mass is 9.95. The van der Waals surface area contributed by atoms with Crippen molar-refractivity contribution < 1.29 is 4.79 Å². The molecule has 4 nitrogen and oxygen atoms in total. The summed E-state index contributed by atoms with van der Waals surface area (Å²) in [7, 11) is 0. The van der Waals surface area contributed by atoms with E-state index in [2.05, 4.69) is 14.8 Å². The van der Waals surface area contributed by atoms with E-state index in [0.717, 1.165) is 31.0 Å². The number of Topliss-reactive ketones (excluding diaryl/α,β-unsaturated/α-hetero) is 1. The van der Waals surface area contributed by atoms with Crippen molar-refractivity contribution in [3.8, 4) is 0 Å². The molecule has 0 N–H and O–H groups in total. The van der Waals surface area contributed by atoms with Crippen LogP contribution in [0, 0.1) is 6.92 Å². The van der Waals surface area contributed by atoms with Gasteiger partial charge in [-0.3, -0.25) is 4.79 Å². The molecule has 1 aromatic heterocycles. The zero-order valence-corrected chi connectivity index (χ0v) is 7.95. The van der Waals surface area contributed by atoms with Gasteiger partial charge in [-0.25, -0.2) is 0 Å². The van der Waals surface area contributed by atoms with E-state index in [0.29, 0.717) is 0 Å². The first-order valence-corrected chi connectivity index (χ1v) is 4.60. The van der Waals surface area contributed by atoms with E-state index < -0.39 is 0 Å². The molecule has 1 aliphatic heterocycles. The van der Waals surface area contributed by atoms with Crippen LogP contribution in [0.4, 0.5) is 0 Å². The van der Waals surface area contributed by atoms with Crippen LogP contribution < -0.4 is 0 Å². The number of carbonyl (C=O) groups is 1. The van der Waals surface area contributed by atoms with E-state index in [1.165, 1.54) is 0 Å². The van der Waals surface area contributed by atoms with Gasteiger partial charge in [-0.15, -0.1) is 10.2 Å². The third-order valence-electron chi connectivity index (χ3n) is 2.64. The molecule has 2 rings (SSSR count). The molecule has 1 atom stereocenters. The highest BCUT2D eigenvalue weighted by Crippen LogP contribution is 2.26. The molecule has 0 radical (unpaired) electrons. The summed E-state index contributed by atoms with van der Waals surface area (Å²) < 4.78 is 2.05. The van der Waals surface area contributed by atoms with Gasteiger partial charge in [0.05, 0.1) is 5.92 Å². The van der Waals surface area contributed by atoms with Crippen LogP contribution in [0.2, 0.25) is 0 Å². The second-order valence-electron chi connectivity index (χ2n) is 3.56. The summed E-state index contributed by atoms with van der Waals surface area (Å²) in [6, 6.07) is 0. The Morgan fingerprint density at radius 3 is 3.00 bits per heavy atom. The van der Waals surface area contributed by atoms with E-state index in [1.807, 2.05) is 6.92 Å². The number of carbonyl (C=O) groups excluding carboxylic acids is 1. The van der Waals surface area contributed by atoms with Gasteiger partial charge in [0.25, 0.3) is 0 Å². The summed E-state index contributed by atoms with van der Waals surface area (Å²) in [5, 5.41) is 8.04. The molecular formula is C9H13N3O. The Kier molecular flexibility index (Phi) is 1.90. The molecule has 1 unspecified atom stereocenters. The van der Waals surface area contributed by atoms with Gasteiger partial charge in [-0.2, -0.15) is 0 Å². The van der Waals surface area contributed by atoms with Crippen LogP contribution in [0.5, 0.6) is 0 Å². The lowest BCUT2D eigenvalue weighted by molar-refractivity contribution is -0.119. The lowest BCUT2D eigenvalue weighted by Gasteiger charge is -2.20. The van der Waals surface area contributed by atoms with Gasteiger partial charge >= 0.3 is 0 Å². The first-order chi connectivity index (χ1) is 6.20. The van der Waals surface area contributed by atoms with Crippen LogP contribution in [0.3, 0.4) is 0 Å². The highest BCUT2D eigenvalue weighted by molar-refractivity contribution is 5.82. The molecule has 0 saturated heterocycles. The van der Waals surface area contributed by atoms with Gasteiger partial charge in [0, 0.05) is 6.54 Å². The number of aryl methyl sites for hydroxylation is 1. The van der Waals surface area contributed by atoms with E-state index in [-0.39, 0.29) is 11.7 Å². The zero-order valence-electron chi connectivity index (χ0n) is 7.95. The molecule has 0 saturated carbocycles. The first kappa shape index (κ1) is 8.41. The average Bonchev–Trinajstić information content (AvgIpc) is 2.48. The quantitative estimate of drug-likeness (QED) is 0.647. The Morgan fingerprint density at radius 1 is 1.54 bits per heavy atom. The van der Waals surface area contributed by atoms with Crippen LogP contribution in [0.1, 0.15) is 37.3 Å². The van der Waals surface area contributed by atoms with E-state index in [4.69, 9.17) is 0 Å². The summed E-state index contributed by atoms with van der Waals surface area (Å²) in [6.07, 6.45) is 1.98. The van der Waals surface area contributed by atoms with Crippen LogP contribution in [0.25, 0.3) is 0 Å². The second-order valence-corrected chi connectivity index (χ2v) is 3.56. The van der Waals surface area contributed by atoms with Crippen molar-refractivity contribution in [1.29, 1.82) is 0 Å². The Bertz CT molecular complexity index is 343. The first-order valence-electron chi connectivity index (χ1n) is 4.60. The molecule has 0 aliphatic carbocycles. The van der Waals surface area contributed by atoms with Gasteiger partial charge in [-0.1, -0.05) is 0 Å². The largest absolute Gasteiger partial charge is 0.315 e. The summed E-state index contributed by atoms with van der Waals surface area (Å²) in [4.78, 5) is 11.3. The van der Waals surface area contributed by atoms with Gasteiger partial charge in [0.2, 0.25) is 0 Å². The Morgan fingerprint density at radius 2 is 2.31 bits per heavy atom. The Balaban J connectivity index is 2.43. The van der Waals surface area contributed by atoms with Crippen molar-refractivity contribution in [2.24, 2.45) is 0 Å². The highest BCUT2D eigenvalue weighted by Gasteiger charge is 2.26. The van der Waals surface area contributed by atoms with E-state index >= 15 is 0 Å². The van der Waals surface area contributed by atoms with Crippen molar-refractivity contribution in [1.82, 2.24) is 14.8 Å². The minimum Gasteiger partial charge on any atom is -0.315 e. The molecule has 0 spiro atoms. The molecule has 4 heteroatoms. The fourth-order valence-electron chi connectivity index (χ4n) is 1.90. The number of nitrogens with zero attached hydrogens (tertiary/aromatic N) is 3. The lowest BCUT2D eigenvalue weighted by Crippen LogP contribution is -2.21. The zero-order chi connectivity index (χ0) is 9.42. The van der Waals surface area contributed by atoms with Crippen molar-refractivity contribution in [2.75, 3.05) is 0 Å². The predicted molar refractivity (Wildman–Crippen MR) is 47.4 cm³/mol. The fourth-order valence-corrected chi connectivity index (χ4v) is 1.90. The van der Waals surface area contributed by atoms with Crippen LogP contribution in [0.15, 0.2) is 0 Å². The minimum absolute atomic E-state index is 0.0186. The predicted octanol–water partition coefficient (Wildman–Crippen LogP) is 1.05. The SMILES string of the molecule is CC(=O)C1CCCn2c(C)nnc21. The normalized spacial score (nSPS) is 21.2. The van der Waals surface area contributed by atoms with E-state index in [9.17, 15) is 4.79 Å². The van der Waals surface area contributed by atoms with Crippen molar-refractivity contribution in [3.63, 3.8) is 0 Å². The number of aromatic nitrogens is 3. The van der Waals surface area contributed by atoms with Gasteiger partial charge < -0.3 is 4.57 Å². The molecule has 2 heterocycles. The monoisotopic (exact) mass is 179 g/mol. The standard InChI is InChI=1S/C9H13N3O/c1-6(13)8-4-3-5-12-7(2)10-11-9(8)12/h8H,3-5H2,1-2H3. The number of rotatable bonds is 1. The molecule has 0 fully saturated rings. The van der Waals surface area contributed by atoms with E-state index in [1.54, 1.807) is 6.92 Å². The average molecular weight is 179 g/mol. The summed E-state index contributed by atoms with van der Waals surface area (Å²) in [5.74, 6) is 1.96. The van der Waals surface area contributed by atoms with Crippen LogP contribution >= 0.6 is 0 Å². The van der Waals surface area contributed by atoms with Crippen molar-refractivity contribution >= 4 is 5.78 Å². The molecule has 1 aromatic rings. The third kappa shape index (κ3) is 1.26. The minimum atomic E-state index is -0.0186. The molecule has 70 valence electrons. The summed E-state index contributed by atoms with van der Waals surface area (Å²) in [6.45, 7) is 4.52. The van der Waals surface area contributed by atoms with Gasteiger partial charge in [0.15, 0.2) is 0 Å². The Hall–Kier alpha value is -1.19. The summed E-state index contributed by atoms with van der Waals surface area (Å²) >= 11 is 0.